The topological polar surface area (TPSA) is 92.8 Å². The molecule has 0 radical (unpaired) electrons. The molecule has 0 aromatic heterocycles. The summed E-state index contributed by atoms with van der Waals surface area (Å²) in [7, 11) is -3.72. The number of carbonyl (C=O) groups is 2. The number of benzene rings is 1. The number of carbonyl (C=O) groups excluding carboxylic acids is 2. The lowest BCUT2D eigenvalue weighted by Crippen LogP contribution is -2.44. The van der Waals surface area contributed by atoms with Gasteiger partial charge in [0.05, 0.1) is 11.3 Å². The van der Waals surface area contributed by atoms with Crippen molar-refractivity contribution in [3.05, 3.63) is 29.8 Å². The standard InChI is InChI=1S/C21H34N2O5S/c1-15(2)23(16(3)4)19(24)14-28-20(25)12-13-22-29(26,27)18-10-8-17(9-11-18)21(5,6)7/h8-11,15-16,22H,12-14H2,1-7H3. The van der Waals surface area contributed by atoms with Crippen LogP contribution >= 0.6 is 0 Å². The minimum atomic E-state index is -3.72. The molecule has 7 nitrogen and oxygen atoms in total. The smallest absolute Gasteiger partial charge is 0.307 e. The predicted molar refractivity (Wildman–Crippen MR) is 113 cm³/mol. The van der Waals surface area contributed by atoms with Crippen LogP contribution in [0.25, 0.3) is 0 Å². The molecule has 0 aliphatic carbocycles. The molecule has 8 heteroatoms. The Balaban J connectivity index is 2.53. The predicted octanol–water partition coefficient (Wildman–Crippen LogP) is 2.84. The highest BCUT2D eigenvalue weighted by Gasteiger charge is 2.22. The third-order valence-corrected chi connectivity index (χ3v) is 5.89. The zero-order valence-corrected chi connectivity index (χ0v) is 19.3. The highest BCUT2D eigenvalue weighted by atomic mass is 32.2. The molecule has 0 bridgehead atoms. The van der Waals surface area contributed by atoms with E-state index in [2.05, 4.69) is 4.72 Å². The van der Waals surface area contributed by atoms with Crippen LogP contribution in [-0.4, -0.2) is 50.4 Å². The molecule has 0 atom stereocenters. The Labute approximate surface area is 174 Å². The van der Waals surface area contributed by atoms with Gasteiger partial charge in [-0.25, -0.2) is 13.1 Å². The minimum absolute atomic E-state index is 0.00215. The molecule has 1 aromatic rings. The van der Waals surface area contributed by atoms with Crippen LogP contribution < -0.4 is 4.72 Å². The third kappa shape index (κ3) is 7.78. The normalized spacial score (nSPS) is 12.3. The number of nitrogens with zero attached hydrogens (tertiary/aromatic N) is 1. The van der Waals surface area contributed by atoms with Gasteiger partial charge in [0.25, 0.3) is 5.91 Å². The van der Waals surface area contributed by atoms with Gasteiger partial charge in [-0.15, -0.1) is 0 Å². The van der Waals surface area contributed by atoms with Gasteiger partial charge in [0.15, 0.2) is 6.61 Å². The maximum atomic E-state index is 12.4. The molecule has 0 heterocycles. The maximum Gasteiger partial charge on any atom is 0.307 e. The Kier molecular flexibility index (Phi) is 8.84. The number of hydrogen-bond donors (Lipinski definition) is 1. The lowest BCUT2D eigenvalue weighted by molar-refractivity contribution is -0.153. The summed E-state index contributed by atoms with van der Waals surface area (Å²) >= 11 is 0. The van der Waals surface area contributed by atoms with Gasteiger partial charge in [0, 0.05) is 18.6 Å². The monoisotopic (exact) mass is 426 g/mol. The number of rotatable bonds is 9. The van der Waals surface area contributed by atoms with Gasteiger partial charge in [-0.3, -0.25) is 9.59 Å². The molecule has 1 aromatic carbocycles. The number of ether oxygens (including phenoxy) is 1. The average Bonchev–Trinajstić information content (AvgIpc) is 2.58. The lowest BCUT2D eigenvalue weighted by atomic mass is 9.87. The molecular formula is C21H34N2O5S. The molecule has 0 spiro atoms. The molecule has 1 N–H and O–H groups in total. The summed E-state index contributed by atoms with van der Waals surface area (Å²) in [4.78, 5) is 25.8. The van der Waals surface area contributed by atoms with E-state index in [1.54, 1.807) is 29.2 Å². The van der Waals surface area contributed by atoms with Crippen molar-refractivity contribution >= 4 is 21.9 Å². The van der Waals surface area contributed by atoms with Crippen LogP contribution in [-0.2, 0) is 29.8 Å². The molecule has 0 fully saturated rings. The molecule has 0 unspecified atom stereocenters. The van der Waals surface area contributed by atoms with E-state index in [1.165, 1.54) is 0 Å². The van der Waals surface area contributed by atoms with Gasteiger partial charge >= 0.3 is 5.97 Å². The van der Waals surface area contributed by atoms with Crippen molar-refractivity contribution in [2.24, 2.45) is 0 Å². The highest BCUT2D eigenvalue weighted by Crippen LogP contribution is 2.23. The van der Waals surface area contributed by atoms with E-state index in [0.29, 0.717) is 0 Å². The SMILES string of the molecule is CC(C)N(C(=O)COC(=O)CCNS(=O)(=O)c1ccc(C(C)(C)C)cc1)C(C)C. The van der Waals surface area contributed by atoms with Crippen LogP contribution in [0.5, 0.6) is 0 Å². The summed E-state index contributed by atoms with van der Waals surface area (Å²) in [6, 6.07) is 6.65. The number of sulfonamides is 1. The molecule has 1 rings (SSSR count). The molecule has 29 heavy (non-hydrogen) atoms. The Hall–Kier alpha value is -1.93. The molecule has 0 aliphatic heterocycles. The van der Waals surface area contributed by atoms with Crippen molar-refractivity contribution in [1.29, 1.82) is 0 Å². The first-order chi connectivity index (χ1) is 13.3. The minimum Gasteiger partial charge on any atom is -0.456 e. The fraction of sp³-hybridized carbons (Fsp3) is 0.619. The first-order valence-corrected chi connectivity index (χ1v) is 11.3. The van der Waals surface area contributed by atoms with E-state index in [0.717, 1.165) is 5.56 Å². The molecule has 164 valence electrons. The van der Waals surface area contributed by atoms with Gasteiger partial charge in [0.2, 0.25) is 10.0 Å². The maximum absolute atomic E-state index is 12.4. The second-order valence-electron chi connectivity index (χ2n) is 8.57. The number of hydrogen-bond acceptors (Lipinski definition) is 5. The van der Waals surface area contributed by atoms with E-state index in [-0.39, 0.29) is 47.9 Å². The zero-order valence-electron chi connectivity index (χ0n) is 18.5. The highest BCUT2D eigenvalue weighted by molar-refractivity contribution is 7.89. The van der Waals surface area contributed by atoms with E-state index >= 15 is 0 Å². The van der Waals surface area contributed by atoms with Crippen LogP contribution in [0.15, 0.2) is 29.2 Å². The van der Waals surface area contributed by atoms with Crippen LogP contribution in [0.3, 0.4) is 0 Å². The number of nitrogens with one attached hydrogen (secondary N) is 1. The van der Waals surface area contributed by atoms with E-state index in [4.69, 9.17) is 4.74 Å². The molecule has 0 saturated carbocycles. The van der Waals surface area contributed by atoms with Crippen molar-refractivity contribution < 1.29 is 22.7 Å². The van der Waals surface area contributed by atoms with Gasteiger partial charge in [-0.05, 0) is 50.8 Å². The summed E-state index contributed by atoms with van der Waals surface area (Å²) in [6.07, 6.45) is -0.157. The van der Waals surface area contributed by atoms with Crippen molar-refractivity contribution in [1.82, 2.24) is 9.62 Å². The Bertz CT molecular complexity index is 785. The van der Waals surface area contributed by atoms with E-state index < -0.39 is 16.0 Å². The van der Waals surface area contributed by atoms with Crippen LogP contribution in [0, 0.1) is 0 Å². The zero-order chi connectivity index (χ0) is 22.4. The van der Waals surface area contributed by atoms with E-state index in [9.17, 15) is 18.0 Å². The second-order valence-corrected chi connectivity index (χ2v) is 10.3. The summed E-state index contributed by atoms with van der Waals surface area (Å²) < 4.78 is 32.1. The van der Waals surface area contributed by atoms with Crippen LogP contribution in [0.4, 0.5) is 0 Å². The first-order valence-electron chi connectivity index (χ1n) is 9.82. The Morgan fingerprint density at radius 2 is 1.55 bits per heavy atom. The summed E-state index contributed by atoms with van der Waals surface area (Å²) in [5, 5.41) is 0. The van der Waals surface area contributed by atoms with E-state index in [1.807, 2.05) is 48.5 Å². The molecule has 0 saturated heterocycles. The van der Waals surface area contributed by atoms with Gasteiger partial charge < -0.3 is 9.64 Å². The van der Waals surface area contributed by atoms with Crippen molar-refractivity contribution in [2.45, 2.75) is 77.3 Å². The van der Waals surface area contributed by atoms with Crippen molar-refractivity contribution in [2.75, 3.05) is 13.2 Å². The number of esters is 1. The Morgan fingerprint density at radius 3 is 2.00 bits per heavy atom. The largest absolute Gasteiger partial charge is 0.456 e. The van der Waals surface area contributed by atoms with Crippen LogP contribution in [0.1, 0.15) is 60.5 Å². The fourth-order valence-corrected chi connectivity index (χ4v) is 4.00. The summed E-state index contributed by atoms with van der Waals surface area (Å²) in [5.74, 6) is -0.903. The third-order valence-electron chi connectivity index (χ3n) is 4.41. The molecule has 1 amide bonds. The van der Waals surface area contributed by atoms with Crippen molar-refractivity contribution in [3.8, 4) is 0 Å². The lowest BCUT2D eigenvalue weighted by Gasteiger charge is -2.30. The summed E-state index contributed by atoms with van der Waals surface area (Å²) in [5.41, 5.74) is 0.957. The van der Waals surface area contributed by atoms with Gasteiger partial charge in [-0.1, -0.05) is 32.9 Å². The second kappa shape index (κ2) is 10.2. The fourth-order valence-electron chi connectivity index (χ4n) is 2.97. The van der Waals surface area contributed by atoms with Crippen molar-refractivity contribution in [3.63, 3.8) is 0 Å². The average molecular weight is 427 g/mol. The van der Waals surface area contributed by atoms with Gasteiger partial charge in [-0.2, -0.15) is 0 Å². The number of amides is 1. The quantitative estimate of drug-likeness (QED) is 0.613. The van der Waals surface area contributed by atoms with Crippen LogP contribution in [0.2, 0.25) is 0 Å². The Morgan fingerprint density at radius 1 is 1.03 bits per heavy atom. The molecule has 0 aliphatic rings. The summed E-state index contributed by atoms with van der Waals surface area (Å²) in [6.45, 7) is 13.3. The van der Waals surface area contributed by atoms with Gasteiger partial charge in [0.1, 0.15) is 0 Å². The molecular weight excluding hydrogens is 392 g/mol. The first kappa shape index (κ1) is 25.1.